The zero-order valence-electron chi connectivity index (χ0n) is 12.5. The van der Waals surface area contributed by atoms with E-state index < -0.39 is 15.9 Å². The van der Waals surface area contributed by atoms with Crippen LogP contribution in [-0.4, -0.2) is 30.0 Å². The largest absolute Gasteiger partial charge is 0.346 e. The van der Waals surface area contributed by atoms with Gasteiger partial charge in [0, 0.05) is 29.4 Å². The monoisotopic (exact) mass is 342 g/mol. The first-order chi connectivity index (χ1) is 11.5. The Bertz CT molecular complexity index is 1070. The second kappa shape index (κ2) is 5.15. The minimum absolute atomic E-state index is 0.123. The van der Waals surface area contributed by atoms with Crippen molar-refractivity contribution in [1.29, 1.82) is 0 Å². The van der Waals surface area contributed by atoms with Crippen LogP contribution in [0.2, 0.25) is 0 Å². The van der Waals surface area contributed by atoms with Gasteiger partial charge in [-0.1, -0.05) is 6.07 Å². The minimum Gasteiger partial charge on any atom is -0.346 e. The molecular weight excluding hydrogens is 328 g/mol. The molecule has 0 saturated carbocycles. The van der Waals surface area contributed by atoms with Crippen molar-refractivity contribution in [2.24, 2.45) is 5.73 Å². The van der Waals surface area contributed by atoms with E-state index in [0.717, 1.165) is 5.39 Å². The fraction of sp³-hybridized carbons (Fsp3) is 0.125. The molecule has 4 rings (SSSR count). The van der Waals surface area contributed by atoms with Gasteiger partial charge in [0.15, 0.2) is 9.84 Å². The molecule has 1 aromatic carbocycles. The smallest absolute Gasteiger partial charge is 0.255 e. The molecule has 0 spiro atoms. The Hall–Kier alpha value is -2.71. The van der Waals surface area contributed by atoms with E-state index in [9.17, 15) is 13.2 Å². The number of aromatic nitrogens is 2. The molecular formula is C16H14N4O3S. The van der Waals surface area contributed by atoms with Crippen molar-refractivity contribution in [3.8, 4) is 0 Å². The van der Waals surface area contributed by atoms with Gasteiger partial charge in [-0.3, -0.25) is 4.79 Å². The summed E-state index contributed by atoms with van der Waals surface area (Å²) in [6.07, 6.45) is 3.32. The zero-order chi connectivity index (χ0) is 16.9. The van der Waals surface area contributed by atoms with E-state index in [1.54, 1.807) is 30.6 Å². The van der Waals surface area contributed by atoms with Crippen LogP contribution in [0.1, 0.15) is 22.0 Å². The Kier molecular flexibility index (Phi) is 3.19. The van der Waals surface area contributed by atoms with Crippen LogP contribution in [0.25, 0.3) is 11.0 Å². The van der Waals surface area contributed by atoms with Crippen LogP contribution in [0.15, 0.2) is 47.6 Å². The molecule has 4 N–H and O–H groups in total. The zero-order valence-corrected chi connectivity index (χ0v) is 13.3. The fourth-order valence-electron chi connectivity index (χ4n) is 2.93. The third-order valence-corrected chi connectivity index (χ3v) is 5.94. The number of nitrogens with zero attached hydrogens (tertiary/aromatic N) is 1. The second-order valence-corrected chi connectivity index (χ2v) is 7.70. The summed E-state index contributed by atoms with van der Waals surface area (Å²) in [6, 6.07) is 7.55. The summed E-state index contributed by atoms with van der Waals surface area (Å²) in [7, 11) is -3.43. The number of anilines is 1. The molecule has 3 aromatic rings. The van der Waals surface area contributed by atoms with E-state index >= 15 is 0 Å². The summed E-state index contributed by atoms with van der Waals surface area (Å²) < 4.78 is 24.2. The van der Waals surface area contributed by atoms with Crippen molar-refractivity contribution in [2.45, 2.75) is 10.9 Å². The first kappa shape index (κ1) is 14.9. The topological polar surface area (TPSA) is 118 Å². The lowest BCUT2D eigenvalue weighted by Gasteiger charge is -2.08. The van der Waals surface area contributed by atoms with Crippen LogP contribution < -0.4 is 11.1 Å². The van der Waals surface area contributed by atoms with Crippen molar-refractivity contribution in [3.63, 3.8) is 0 Å². The van der Waals surface area contributed by atoms with E-state index in [1.807, 2.05) is 6.07 Å². The van der Waals surface area contributed by atoms with Crippen molar-refractivity contribution in [2.75, 3.05) is 11.1 Å². The van der Waals surface area contributed by atoms with Crippen LogP contribution in [0.5, 0.6) is 0 Å². The lowest BCUT2D eigenvalue weighted by Crippen LogP contribution is -2.13. The number of pyridine rings is 1. The summed E-state index contributed by atoms with van der Waals surface area (Å²) in [6.45, 7) is 0. The van der Waals surface area contributed by atoms with Gasteiger partial charge in [0.25, 0.3) is 5.91 Å². The number of hydrogen-bond acceptors (Lipinski definition) is 5. The highest BCUT2D eigenvalue weighted by Gasteiger charge is 2.33. The molecule has 1 unspecified atom stereocenters. The lowest BCUT2D eigenvalue weighted by molar-refractivity contribution is 0.102. The van der Waals surface area contributed by atoms with E-state index in [4.69, 9.17) is 5.73 Å². The van der Waals surface area contributed by atoms with E-state index in [1.165, 1.54) is 6.07 Å². The Morgan fingerprint density at radius 1 is 1.29 bits per heavy atom. The average molecular weight is 342 g/mol. The number of benzene rings is 1. The Balaban J connectivity index is 1.70. The Morgan fingerprint density at radius 2 is 2.12 bits per heavy atom. The van der Waals surface area contributed by atoms with Gasteiger partial charge in [0.1, 0.15) is 5.65 Å². The molecule has 1 atom stereocenters. The number of carbonyl (C=O) groups is 1. The van der Waals surface area contributed by atoms with Gasteiger partial charge in [-0.2, -0.15) is 0 Å². The third kappa shape index (κ3) is 2.27. The molecule has 0 fully saturated rings. The number of nitrogens with two attached hydrogens (primary N) is 1. The molecule has 7 nitrogen and oxygen atoms in total. The standard InChI is InChI=1S/C16H14N4O3S/c17-12-8-24(22,23)14-7-9(1-2-10(12)14)16(21)20-13-4-6-19-15-11(13)3-5-18-15/h1-7,12H,8,17H2,(H2,18,19,20,21). The molecule has 8 heteroatoms. The summed E-state index contributed by atoms with van der Waals surface area (Å²) in [5.74, 6) is -0.510. The van der Waals surface area contributed by atoms with E-state index in [0.29, 0.717) is 16.9 Å². The molecule has 1 amide bonds. The summed E-state index contributed by atoms with van der Waals surface area (Å²) >= 11 is 0. The first-order valence-corrected chi connectivity index (χ1v) is 8.97. The van der Waals surface area contributed by atoms with Crippen LogP contribution in [0.4, 0.5) is 5.69 Å². The molecule has 2 aromatic heterocycles. The van der Waals surface area contributed by atoms with Gasteiger partial charge in [0.2, 0.25) is 0 Å². The number of amides is 1. The predicted molar refractivity (Wildman–Crippen MR) is 89.5 cm³/mol. The molecule has 1 aliphatic rings. The van der Waals surface area contributed by atoms with Gasteiger partial charge in [-0.15, -0.1) is 0 Å². The highest BCUT2D eigenvalue weighted by molar-refractivity contribution is 7.91. The SMILES string of the molecule is NC1CS(=O)(=O)c2cc(C(=O)Nc3ccnc4[nH]ccc34)ccc21. The van der Waals surface area contributed by atoms with Gasteiger partial charge in [0.05, 0.1) is 16.3 Å². The highest BCUT2D eigenvalue weighted by atomic mass is 32.2. The van der Waals surface area contributed by atoms with Crippen molar-refractivity contribution >= 4 is 32.5 Å². The molecule has 0 saturated heterocycles. The average Bonchev–Trinajstić information content (AvgIpc) is 3.11. The maximum Gasteiger partial charge on any atom is 0.255 e. The van der Waals surface area contributed by atoms with Crippen molar-refractivity contribution < 1.29 is 13.2 Å². The number of fused-ring (bicyclic) bond motifs is 2. The van der Waals surface area contributed by atoms with Crippen molar-refractivity contribution in [3.05, 3.63) is 53.9 Å². The summed E-state index contributed by atoms with van der Waals surface area (Å²) in [5, 5.41) is 3.57. The summed E-state index contributed by atoms with van der Waals surface area (Å²) in [4.78, 5) is 19.8. The lowest BCUT2D eigenvalue weighted by atomic mass is 10.1. The molecule has 0 aliphatic carbocycles. The van der Waals surface area contributed by atoms with Crippen LogP contribution in [-0.2, 0) is 9.84 Å². The number of rotatable bonds is 2. The van der Waals surface area contributed by atoms with Crippen LogP contribution >= 0.6 is 0 Å². The van der Waals surface area contributed by atoms with Crippen molar-refractivity contribution in [1.82, 2.24) is 9.97 Å². The van der Waals surface area contributed by atoms with Gasteiger partial charge in [-0.05, 0) is 29.8 Å². The maximum atomic E-state index is 12.5. The van der Waals surface area contributed by atoms with E-state index in [2.05, 4.69) is 15.3 Å². The fourth-order valence-corrected chi connectivity index (χ4v) is 4.65. The number of hydrogen-bond donors (Lipinski definition) is 3. The molecule has 0 radical (unpaired) electrons. The van der Waals surface area contributed by atoms with Gasteiger partial charge in [-0.25, -0.2) is 13.4 Å². The predicted octanol–water partition coefficient (Wildman–Crippen LogP) is 1.60. The number of sulfone groups is 1. The van der Waals surface area contributed by atoms with Gasteiger partial charge >= 0.3 is 0 Å². The highest BCUT2D eigenvalue weighted by Crippen LogP contribution is 2.32. The van der Waals surface area contributed by atoms with Crippen LogP contribution in [0.3, 0.4) is 0 Å². The minimum atomic E-state index is -3.43. The maximum absolute atomic E-state index is 12.5. The number of aromatic amines is 1. The molecule has 1 aliphatic heterocycles. The van der Waals surface area contributed by atoms with E-state index in [-0.39, 0.29) is 22.1 Å². The number of carbonyl (C=O) groups excluding carboxylic acids is 1. The Morgan fingerprint density at radius 3 is 2.96 bits per heavy atom. The second-order valence-electron chi connectivity index (χ2n) is 5.69. The van der Waals surface area contributed by atoms with Crippen LogP contribution in [0, 0.1) is 0 Å². The van der Waals surface area contributed by atoms with Gasteiger partial charge < -0.3 is 16.0 Å². The first-order valence-electron chi connectivity index (χ1n) is 7.31. The molecule has 24 heavy (non-hydrogen) atoms. The summed E-state index contributed by atoms with van der Waals surface area (Å²) in [5.41, 5.74) is 7.93. The third-order valence-electron chi connectivity index (χ3n) is 4.12. The molecule has 3 heterocycles. The normalized spacial score (nSPS) is 18.5. The molecule has 0 bridgehead atoms. The number of H-pyrrole nitrogens is 1. The molecule has 122 valence electrons. The Labute approximate surface area is 137 Å². The number of nitrogens with one attached hydrogen (secondary N) is 2. The quantitative estimate of drug-likeness (QED) is 0.654.